The zero-order valence-electron chi connectivity index (χ0n) is 11.5. The number of rotatable bonds is 6. The summed E-state index contributed by atoms with van der Waals surface area (Å²) in [7, 11) is 0. The minimum atomic E-state index is -0.381. The number of carbonyl (C=O) groups excluding carboxylic acids is 2. The van der Waals surface area contributed by atoms with E-state index in [1.54, 1.807) is 18.3 Å². The highest BCUT2D eigenvalue weighted by Crippen LogP contribution is 2.08. The first kappa shape index (κ1) is 14.6. The SMILES string of the molecule is O=C(CCCOc1ccccc1)NNC(=O)c1ccc[nH]1. The van der Waals surface area contributed by atoms with Gasteiger partial charge in [-0.3, -0.25) is 20.4 Å². The Labute approximate surface area is 122 Å². The predicted molar refractivity (Wildman–Crippen MR) is 77.6 cm³/mol. The molecule has 1 aromatic carbocycles. The van der Waals surface area contributed by atoms with Crippen LogP contribution < -0.4 is 15.6 Å². The van der Waals surface area contributed by atoms with Gasteiger partial charge in [0.25, 0.3) is 5.91 Å². The molecule has 2 rings (SSSR count). The Morgan fingerprint density at radius 1 is 1.05 bits per heavy atom. The van der Waals surface area contributed by atoms with Gasteiger partial charge in [0.05, 0.1) is 6.61 Å². The normalized spacial score (nSPS) is 9.90. The first-order valence-corrected chi connectivity index (χ1v) is 6.66. The van der Waals surface area contributed by atoms with E-state index in [9.17, 15) is 9.59 Å². The van der Waals surface area contributed by atoms with Crippen LogP contribution >= 0.6 is 0 Å². The molecule has 21 heavy (non-hydrogen) atoms. The molecule has 1 heterocycles. The Morgan fingerprint density at radius 2 is 1.86 bits per heavy atom. The second kappa shape index (κ2) is 7.74. The van der Waals surface area contributed by atoms with Crippen molar-refractivity contribution < 1.29 is 14.3 Å². The summed E-state index contributed by atoms with van der Waals surface area (Å²) in [4.78, 5) is 25.8. The molecule has 2 aromatic rings. The van der Waals surface area contributed by atoms with Crippen molar-refractivity contribution >= 4 is 11.8 Å². The number of hydrazine groups is 1. The number of nitrogens with one attached hydrogen (secondary N) is 3. The molecule has 110 valence electrons. The van der Waals surface area contributed by atoms with Gasteiger partial charge in [-0.2, -0.15) is 0 Å². The van der Waals surface area contributed by atoms with Gasteiger partial charge in [-0.25, -0.2) is 0 Å². The van der Waals surface area contributed by atoms with E-state index < -0.39 is 0 Å². The van der Waals surface area contributed by atoms with Crippen LogP contribution in [0.1, 0.15) is 23.3 Å². The summed E-state index contributed by atoms with van der Waals surface area (Å²) in [5, 5.41) is 0. The summed E-state index contributed by atoms with van der Waals surface area (Å²) in [6.07, 6.45) is 2.48. The summed E-state index contributed by atoms with van der Waals surface area (Å²) in [5.41, 5.74) is 5.08. The molecule has 0 atom stereocenters. The lowest BCUT2D eigenvalue weighted by atomic mass is 10.3. The molecule has 0 spiro atoms. The quantitative estimate of drug-likeness (QED) is 0.558. The number of hydrogen-bond donors (Lipinski definition) is 3. The van der Waals surface area contributed by atoms with Crippen molar-refractivity contribution in [2.75, 3.05) is 6.61 Å². The summed E-state index contributed by atoms with van der Waals surface area (Å²) in [6, 6.07) is 12.7. The lowest BCUT2D eigenvalue weighted by molar-refractivity contribution is -0.122. The maximum atomic E-state index is 11.5. The molecular formula is C15H17N3O3. The maximum absolute atomic E-state index is 11.5. The van der Waals surface area contributed by atoms with Gasteiger partial charge in [0, 0.05) is 12.6 Å². The third kappa shape index (κ3) is 5.02. The molecule has 0 radical (unpaired) electrons. The van der Waals surface area contributed by atoms with E-state index in [0.29, 0.717) is 18.7 Å². The molecular weight excluding hydrogens is 270 g/mol. The lowest BCUT2D eigenvalue weighted by Crippen LogP contribution is -2.41. The minimum Gasteiger partial charge on any atom is -0.494 e. The molecule has 1 aromatic heterocycles. The Kier molecular flexibility index (Phi) is 5.40. The fourth-order valence-electron chi connectivity index (χ4n) is 1.67. The van der Waals surface area contributed by atoms with Gasteiger partial charge < -0.3 is 9.72 Å². The van der Waals surface area contributed by atoms with Gasteiger partial charge in [0.15, 0.2) is 0 Å². The van der Waals surface area contributed by atoms with Crippen LogP contribution in [0, 0.1) is 0 Å². The number of amides is 2. The first-order valence-electron chi connectivity index (χ1n) is 6.66. The van der Waals surface area contributed by atoms with E-state index >= 15 is 0 Å². The topological polar surface area (TPSA) is 83.2 Å². The molecule has 6 nitrogen and oxygen atoms in total. The highest BCUT2D eigenvalue weighted by molar-refractivity contribution is 5.93. The smallest absolute Gasteiger partial charge is 0.286 e. The third-order valence-corrected chi connectivity index (χ3v) is 2.72. The molecule has 0 aliphatic heterocycles. The van der Waals surface area contributed by atoms with E-state index in [0.717, 1.165) is 5.75 Å². The Hall–Kier alpha value is -2.76. The number of para-hydroxylation sites is 1. The van der Waals surface area contributed by atoms with Gasteiger partial charge in [-0.1, -0.05) is 18.2 Å². The fourth-order valence-corrected chi connectivity index (χ4v) is 1.67. The van der Waals surface area contributed by atoms with Crippen LogP contribution in [0.4, 0.5) is 0 Å². The number of aromatic nitrogens is 1. The van der Waals surface area contributed by atoms with Crippen molar-refractivity contribution in [1.82, 2.24) is 15.8 Å². The Balaban J connectivity index is 1.59. The number of carbonyl (C=O) groups is 2. The lowest BCUT2D eigenvalue weighted by Gasteiger charge is -2.07. The maximum Gasteiger partial charge on any atom is 0.286 e. The van der Waals surface area contributed by atoms with E-state index in [4.69, 9.17) is 4.74 Å². The van der Waals surface area contributed by atoms with Crippen molar-refractivity contribution in [2.24, 2.45) is 0 Å². The van der Waals surface area contributed by atoms with Gasteiger partial charge in [-0.05, 0) is 30.7 Å². The number of H-pyrrole nitrogens is 1. The first-order chi connectivity index (χ1) is 10.3. The van der Waals surface area contributed by atoms with Crippen molar-refractivity contribution in [3.63, 3.8) is 0 Å². The number of ether oxygens (including phenoxy) is 1. The van der Waals surface area contributed by atoms with Crippen LogP contribution in [0.25, 0.3) is 0 Å². The summed E-state index contributed by atoms with van der Waals surface area (Å²) >= 11 is 0. The van der Waals surface area contributed by atoms with Crippen LogP contribution in [0.15, 0.2) is 48.7 Å². The van der Waals surface area contributed by atoms with Crippen molar-refractivity contribution in [3.05, 3.63) is 54.4 Å². The third-order valence-electron chi connectivity index (χ3n) is 2.72. The zero-order valence-corrected chi connectivity index (χ0v) is 11.5. The number of hydrogen-bond acceptors (Lipinski definition) is 3. The van der Waals surface area contributed by atoms with Crippen molar-refractivity contribution in [2.45, 2.75) is 12.8 Å². The van der Waals surface area contributed by atoms with Crippen LogP contribution in [0.5, 0.6) is 5.75 Å². The zero-order chi connectivity index (χ0) is 14.9. The van der Waals surface area contributed by atoms with Gasteiger partial charge in [0.2, 0.25) is 5.91 Å². The molecule has 0 aliphatic carbocycles. The van der Waals surface area contributed by atoms with Gasteiger partial charge >= 0.3 is 0 Å². The van der Waals surface area contributed by atoms with Gasteiger partial charge in [-0.15, -0.1) is 0 Å². The van der Waals surface area contributed by atoms with Crippen LogP contribution in [-0.2, 0) is 4.79 Å². The van der Waals surface area contributed by atoms with E-state index in [1.165, 1.54) is 0 Å². The monoisotopic (exact) mass is 287 g/mol. The second-order valence-electron chi connectivity index (χ2n) is 4.35. The highest BCUT2D eigenvalue weighted by atomic mass is 16.5. The van der Waals surface area contributed by atoms with E-state index in [2.05, 4.69) is 15.8 Å². The Bertz CT molecular complexity index is 567. The molecule has 0 saturated heterocycles. The molecule has 0 unspecified atom stereocenters. The summed E-state index contributed by atoms with van der Waals surface area (Å²) in [5.74, 6) is 0.137. The van der Waals surface area contributed by atoms with Crippen LogP contribution in [-0.4, -0.2) is 23.4 Å². The summed E-state index contributed by atoms with van der Waals surface area (Å²) < 4.78 is 5.47. The fraction of sp³-hybridized carbons (Fsp3) is 0.200. The van der Waals surface area contributed by atoms with Crippen molar-refractivity contribution in [1.29, 1.82) is 0 Å². The minimum absolute atomic E-state index is 0.258. The molecule has 0 bridgehead atoms. The average molecular weight is 287 g/mol. The highest BCUT2D eigenvalue weighted by Gasteiger charge is 2.07. The molecule has 6 heteroatoms. The largest absolute Gasteiger partial charge is 0.494 e. The standard InChI is InChI=1S/C15H17N3O3/c19-14(17-18-15(20)13-8-4-10-16-13)9-5-11-21-12-6-2-1-3-7-12/h1-4,6-8,10,16H,5,9,11H2,(H,17,19)(H,18,20). The van der Waals surface area contributed by atoms with Crippen LogP contribution in [0.3, 0.4) is 0 Å². The average Bonchev–Trinajstić information content (AvgIpc) is 3.05. The molecule has 3 N–H and O–H groups in total. The van der Waals surface area contributed by atoms with Crippen LogP contribution in [0.2, 0.25) is 0 Å². The second-order valence-corrected chi connectivity index (χ2v) is 4.35. The number of aromatic amines is 1. The molecule has 0 fully saturated rings. The van der Waals surface area contributed by atoms with Crippen molar-refractivity contribution in [3.8, 4) is 5.75 Å². The Morgan fingerprint density at radius 3 is 2.57 bits per heavy atom. The summed E-state index contributed by atoms with van der Waals surface area (Å²) in [6.45, 7) is 0.446. The molecule has 0 saturated carbocycles. The predicted octanol–water partition coefficient (Wildman–Crippen LogP) is 1.63. The van der Waals surface area contributed by atoms with E-state index in [-0.39, 0.29) is 18.2 Å². The van der Waals surface area contributed by atoms with E-state index in [1.807, 2.05) is 30.3 Å². The number of benzene rings is 1. The molecule has 2 amide bonds. The van der Waals surface area contributed by atoms with Gasteiger partial charge in [0.1, 0.15) is 11.4 Å². The molecule has 0 aliphatic rings.